The molecular formula is C19H22N2O2. The van der Waals surface area contributed by atoms with Crippen LogP contribution in [0.4, 0.5) is 5.69 Å². The zero-order chi connectivity index (χ0) is 16.7. The number of carbonyl (C=O) groups is 1. The molecule has 1 amide bonds. The van der Waals surface area contributed by atoms with Gasteiger partial charge >= 0.3 is 0 Å². The van der Waals surface area contributed by atoms with Crippen LogP contribution < -0.4 is 15.8 Å². The van der Waals surface area contributed by atoms with Crippen molar-refractivity contribution < 1.29 is 9.53 Å². The largest absolute Gasteiger partial charge is 0.497 e. The van der Waals surface area contributed by atoms with E-state index in [2.05, 4.69) is 18.3 Å². The van der Waals surface area contributed by atoms with Gasteiger partial charge in [0.1, 0.15) is 5.75 Å². The lowest BCUT2D eigenvalue weighted by Crippen LogP contribution is -2.14. The van der Waals surface area contributed by atoms with Gasteiger partial charge in [0, 0.05) is 5.69 Å². The number of anilines is 1. The quantitative estimate of drug-likeness (QED) is 0.913. The number of ether oxygens (including phenoxy) is 1. The molecule has 2 unspecified atom stereocenters. The van der Waals surface area contributed by atoms with E-state index in [4.69, 9.17) is 10.5 Å². The molecule has 0 fully saturated rings. The van der Waals surface area contributed by atoms with Gasteiger partial charge in [-0.15, -0.1) is 0 Å². The molecule has 3 N–H and O–H groups in total. The molecule has 23 heavy (non-hydrogen) atoms. The Morgan fingerprint density at radius 1 is 1.17 bits per heavy atom. The number of methoxy groups -OCH3 is 1. The van der Waals surface area contributed by atoms with E-state index in [1.807, 2.05) is 38.1 Å². The Bertz CT molecular complexity index is 766. The number of carbonyl (C=O) groups excluding carboxylic acids is 1. The van der Waals surface area contributed by atoms with Crippen LogP contribution in [0.5, 0.6) is 5.75 Å². The van der Waals surface area contributed by atoms with E-state index in [0.717, 1.165) is 39.3 Å². The highest BCUT2D eigenvalue weighted by atomic mass is 16.5. The van der Waals surface area contributed by atoms with Crippen LogP contribution in [-0.2, 0) is 4.79 Å². The number of amides is 1. The summed E-state index contributed by atoms with van der Waals surface area (Å²) in [7, 11) is 1.65. The minimum absolute atomic E-state index is 0.0534. The van der Waals surface area contributed by atoms with Gasteiger partial charge in [-0.3, -0.25) is 4.79 Å². The van der Waals surface area contributed by atoms with Gasteiger partial charge in [0.25, 0.3) is 0 Å². The fourth-order valence-corrected chi connectivity index (χ4v) is 3.16. The predicted molar refractivity (Wildman–Crippen MR) is 92.0 cm³/mol. The first kappa shape index (κ1) is 15.6. The summed E-state index contributed by atoms with van der Waals surface area (Å²) >= 11 is 0. The van der Waals surface area contributed by atoms with Gasteiger partial charge in [-0.2, -0.15) is 0 Å². The first-order chi connectivity index (χ1) is 10.9. The van der Waals surface area contributed by atoms with Gasteiger partial charge in [-0.05, 0) is 60.7 Å². The second-order valence-corrected chi connectivity index (χ2v) is 6.14. The third-order valence-corrected chi connectivity index (χ3v) is 4.89. The minimum Gasteiger partial charge on any atom is -0.497 e. The summed E-state index contributed by atoms with van der Waals surface area (Å²) in [6.45, 7) is 6.03. The summed E-state index contributed by atoms with van der Waals surface area (Å²) in [6, 6.07) is 9.65. The number of benzene rings is 2. The average molecular weight is 310 g/mol. The van der Waals surface area contributed by atoms with Crippen molar-refractivity contribution in [1.29, 1.82) is 0 Å². The van der Waals surface area contributed by atoms with Crippen molar-refractivity contribution in [2.45, 2.75) is 32.7 Å². The molecule has 2 aromatic carbocycles. The monoisotopic (exact) mass is 310 g/mol. The van der Waals surface area contributed by atoms with E-state index in [1.165, 1.54) is 0 Å². The standard InChI is InChI=1S/C19H22N2O2/c1-10-11(2)18-16(12(3)19(22)21-18)9-15(10)17(20)13-5-7-14(23-4)8-6-13/h5-9,12,17H,20H2,1-4H3,(H,21,22). The molecule has 1 aliphatic heterocycles. The fourth-order valence-electron chi connectivity index (χ4n) is 3.16. The zero-order valence-corrected chi connectivity index (χ0v) is 13.9. The maximum atomic E-state index is 12.0. The fraction of sp³-hybridized carbons (Fsp3) is 0.316. The zero-order valence-electron chi connectivity index (χ0n) is 13.9. The Balaban J connectivity index is 2.06. The first-order valence-corrected chi connectivity index (χ1v) is 7.78. The third-order valence-electron chi connectivity index (χ3n) is 4.89. The van der Waals surface area contributed by atoms with Crippen molar-refractivity contribution in [3.05, 3.63) is 58.1 Å². The molecule has 4 nitrogen and oxygen atoms in total. The van der Waals surface area contributed by atoms with E-state index in [-0.39, 0.29) is 17.9 Å². The Morgan fingerprint density at radius 3 is 2.43 bits per heavy atom. The second-order valence-electron chi connectivity index (χ2n) is 6.14. The molecule has 0 aromatic heterocycles. The van der Waals surface area contributed by atoms with Crippen LogP contribution in [0.15, 0.2) is 30.3 Å². The molecule has 120 valence electrons. The van der Waals surface area contributed by atoms with Gasteiger partial charge in [-0.1, -0.05) is 18.2 Å². The van der Waals surface area contributed by atoms with Gasteiger partial charge in [0.15, 0.2) is 0 Å². The summed E-state index contributed by atoms with van der Waals surface area (Å²) < 4.78 is 5.20. The average Bonchev–Trinajstić information content (AvgIpc) is 2.85. The minimum atomic E-state index is -0.229. The summed E-state index contributed by atoms with van der Waals surface area (Å²) in [5, 5.41) is 2.98. The van der Waals surface area contributed by atoms with Crippen molar-refractivity contribution in [2.75, 3.05) is 12.4 Å². The summed E-state index contributed by atoms with van der Waals surface area (Å²) in [4.78, 5) is 12.0. The SMILES string of the molecule is COc1ccc(C(N)c2cc3c(c(C)c2C)NC(=O)C3C)cc1. The molecule has 3 rings (SSSR count). The van der Waals surface area contributed by atoms with E-state index >= 15 is 0 Å². The van der Waals surface area contributed by atoms with E-state index in [9.17, 15) is 4.79 Å². The van der Waals surface area contributed by atoms with Crippen molar-refractivity contribution in [3.63, 3.8) is 0 Å². The Kier molecular flexibility index (Phi) is 3.86. The highest BCUT2D eigenvalue weighted by molar-refractivity contribution is 6.03. The van der Waals surface area contributed by atoms with Crippen molar-refractivity contribution in [2.24, 2.45) is 5.73 Å². The maximum Gasteiger partial charge on any atom is 0.231 e. The molecule has 2 aromatic rings. The molecule has 0 aliphatic carbocycles. The lowest BCUT2D eigenvalue weighted by molar-refractivity contribution is -0.116. The molecule has 0 saturated carbocycles. The molecule has 2 atom stereocenters. The Morgan fingerprint density at radius 2 is 1.83 bits per heavy atom. The van der Waals surface area contributed by atoms with Gasteiger partial charge < -0.3 is 15.8 Å². The van der Waals surface area contributed by atoms with Gasteiger partial charge in [-0.25, -0.2) is 0 Å². The summed E-state index contributed by atoms with van der Waals surface area (Å²) in [5.74, 6) is 0.731. The topological polar surface area (TPSA) is 64.3 Å². The number of hydrogen-bond acceptors (Lipinski definition) is 3. The van der Waals surface area contributed by atoms with Crippen LogP contribution in [-0.4, -0.2) is 13.0 Å². The summed E-state index contributed by atoms with van der Waals surface area (Å²) in [5.41, 5.74) is 12.8. The molecule has 1 heterocycles. The molecular weight excluding hydrogens is 288 g/mol. The van der Waals surface area contributed by atoms with E-state index in [1.54, 1.807) is 7.11 Å². The lowest BCUT2D eigenvalue weighted by atomic mass is 9.88. The Labute approximate surface area is 136 Å². The number of fused-ring (bicyclic) bond motifs is 1. The molecule has 4 heteroatoms. The number of hydrogen-bond donors (Lipinski definition) is 2. The van der Waals surface area contributed by atoms with Crippen molar-refractivity contribution in [3.8, 4) is 5.75 Å². The van der Waals surface area contributed by atoms with Crippen molar-refractivity contribution >= 4 is 11.6 Å². The summed E-state index contributed by atoms with van der Waals surface area (Å²) in [6.07, 6.45) is 0. The molecule has 0 spiro atoms. The smallest absolute Gasteiger partial charge is 0.231 e. The van der Waals surface area contributed by atoms with Crippen LogP contribution in [0.3, 0.4) is 0 Å². The van der Waals surface area contributed by atoms with Crippen molar-refractivity contribution in [1.82, 2.24) is 0 Å². The maximum absolute atomic E-state index is 12.0. The van der Waals surface area contributed by atoms with E-state index in [0.29, 0.717) is 0 Å². The van der Waals surface area contributed by atoms with Crippen LogP contribution in [0, 0.1) is 13.8 Å². The molecule has 0 bridgehead atoms. The van der Waals surface area contributed by atoms with Crippen LogP contribution in [0.25, 0.3) is 0 Å². The van der Waals surface area contributed by atoms with Crippen LogP contribution >= 0.6 is 0 Å². The number of nitrogens with one attached hydrogen (secondary N) is 1. The number of rotatable bonds is 3. The Hall–Kier alpha value is -2.33. The molecule has 1 aliphatic rings. The lowest BCUT2D eigenvalue weighted by Gasteiger charge is -2.20. The number of nitrogens with two attached hydrogens (primary N) is 1. The molecule has 0 saturated heterocycles. The van der Waals surface area contributed by atoms with Gasteiger partial charge in [0.05, 0.1) is 19.1 Å². The highest BCUT2D eigenvalue weighted by Crippen LogP contribution is 2.39. The predicted octanol–water partition coefficient (Wildman–Crippen LogP) is 3.42. The third kappa shape index (κ3) is 2.49. The second kappa shape index (κ2) is 5.70. The van der Waals surface area contributed by atoms with Gasteiger partial charge in [0.2, 0.25) is 5.91 Å². The normalized spacial score (nSPS) is 17.6. The van der Waals surface area contributed by atoms with E-state index < -0.39 is 0 Å². The van der Waals surface area contributed by atoms with Crippen LogP contribution in [0.1, 0.15) is 46.7 Å². The molecule has 0 radical (unpaired) electrons. The first-order valence-electron chi connectivity index (χ1n) is 7.78. The van der Waals surface area contributed by atoms with Crippen LogP contribution in [0.2, 0.25) is 0 Å². The highest BCUT2D eigenvalue weighted by Gasteiger charge is 2.30.